The predicted octanol–water partition coefficient (Wildman–Crippen LogP) is 3.12. The Hall–Kier alpha value is -0.410. The minimum Gasteiger partial charge on any atom is -0.378 e. The van der Waals surface area contributed by atoms with E-state index in [9.17, 15) is 0 Å². The van der Waals surface area contributed by atoms with Gasteiger partial charge in [-0.15, -0.1) is 35.3 Å². The Bertz CT molecular complexity index is 559. The first-order valence-electron chi connectivity index (χ1n) is 8.68. The van der Waals surface area contributed by atoms with Crippen molar-refractivity contribution in [2.45, 2.75) is 58.1 Å². The van der Waals surface area contributed by atoms with E-state index in [2.05, 4.69) is 34.5 Å². The molecule has 0 radical (unpaired) electrons. The van der Waals surface area contributed by atoms with Gasteiger partial charge < -0.3 is 15.4 Å². The minimum absolute atomic E-state index is 0. The van der Waals surface area contributed by atoms with Gasteiger partial charge in [-0.25, -0.2) is 4.98 Å². The van der Waals surface area contributed by atoms with Gasteiger partial charge in [-0.3, -0.25) is 4.99 Å². The fraction of sp³-hybridized carbons (Fsp3) is 0.765. The number of guanidine groups is 1. The number of nitrogens with one attached hydrogen (secondary N) is 2. The van der Waals surface area contributed by atoms with Gasteiger partial charge in [0.2, 0.25) is 0 Å². The van der Waals surface area contributed by atoms with E-state index in [0.29, 0.717) is 17.6 Å². The molecule has 136 valence electrons. The Morgan fingerprint density at radius 3 is 2.83 bits per heavy atom. The highest BCUT2D eigenvalue weighted by atomic mass is 127. The fourth-order valence-corrected chi connectivity index (χ4v) is 4.59. The summed E-state index contributed by atoms with van der Waals surface area (Å²) in [5.74, 6) is 0.907. The molecule has 2 atom stereocenters. The van der Waals surface area contributed by atoms with Crippen LogP contribution in [0.4, 0.5) is 0 Å². The summed E-state index contributed by atoms with van der Waals surface area (Å²) in [6.07, 6.45) is 8.31. The van der Waals surface area contributed by atoms with Gasteiger partial charge in [-0.2, -0.15) is 0 Å². The van der Waals surface area contributed by atoms with Gasteiger partial charge in [0.05, 0.1) is 11.1 Å². The Labute approximate surface area is 166 Å². The molecule has 5 nitrogen and oxygen atoms in total. The van der Waals surface area contributed by atoms with Gasteiger partial charge in [0.15, 0.2) is 5.96 Å². The van der Waals surface area contributed by atoms with Crippen LogP contribution in [0.1, 0.15) is 42.5 Å². The number of hydrogen-bond acceptors (Lipinski definition) is 4. The van der Waals surface area contributed by atoms with Gasteiger partial charge in [0, 0.05) is 49.2 Å². The molecule has 1 aromatic heterocycles. The molecule has 0 bridgehead atoms. The third-order valence-corrected chi connectivity index (χ3v) is 6.24. The highest BCUT2D eigenvalue weighted by molar-refractivity contribution is 14.0. The van der Waals surface area contributed by atoms with E-state index < -0.39 is 0 Å². The average molecular weight is 464 g/mol. The standard InChI is InChI=1S/C17H28N4OS.HI/c1-4-22-14-10-13(17(14)7-5-8-17)21-16(18-3)19-9-6-15-20-11-12(2)23-15;/h11,13-14H,4-10H2,1-3H3,(H2,18,19,21);1H. The lowest BCUT2D eigenvalue weighted by Gasteiger charge is -2.61. The number of aryl methyl sites for hydroxylation is 1. The van der Waals surface area contributed by atoms with E-state index in [1.165, 1.54) is 29.1 Å². The van der Waals surface area contributed by atoms with Crippen molar-refractivity contribution >= 4 is 41.3 Å². The third kappa shape index (κ3) is 4.04. The van der Waals surface area contributed by atoms with Crippen molar-refractivity contribution in [3.63, 3.8) is 0 Å². The smallest absolute Gasteiger partial charge is 0.191 e. The Kier molecular flexibility index (Phi) is 7.30. The molecule has 2 N–H and O–H groups in total. The van der Waals surface area contributed by atoms with Crippen molar-refractivity contribution in [2.75, 3.05) is 20.2 Å². The summed E-state index contributed by atoms with van der Waals surface area (Å²) >= 11 is 1.77. The Morgan fingerprint density at radius 1 is 1.50 bits per heavy atom. The van der Waals surface area contributed by atoms with Crippen molar-refractivity contribution in [2.24, 2.45) is 10.4 Å². The first-order valence-corrected chi connectivity index (χ1v) is 9.49. The first-order chi connectivity index (χ1) is 11.2. The molecule has 0 aliphatic heterocycles. The molecule has 0 amide bonds. The number of halogens is 1. The van der Waals surface area contributed by atoms with Crippen LogP contribution in [0.5, 0.6) is 0 Å². The second-order valence-electron chi connectivity index (χ2n) is 6.58. The molecule has 2 aliphatic carbocycles. The number of rotatable bonds is 6. The van der Waals surface area contributed by atoms with Crippen molar-refractivity contribution in [3.8, 4) is 0 Å². The molecule has 1 spiro atoms. The zero-order chi connectivity index (χ0) is 16.3. The van der Waals surface area contributed by atoms with E-state index in [1.54, 1.807) is 11.3 Å². The van der Waals surface area contributed by atoms with Crippen LogP contribution in [0.15, 0.2) is 11.2 Å². The number of aromatic nitrogens is 1. The quantitative estimate of drug-likeness (QED) is 0.386. The van der Waals surface area contributed by atoms with E-state index in [1.807, 2.05) is 13.2 Å². The van der Waals surface area contributed by atoms with Crippen LogP contribution < -0.4 is 10.6 Å². The van der Waals surface area contributed by atoms with Crippen LogP contribution in [-0.2, 0) is 11.2 Å². The van der Waals surface area contributed by atoms with Crippen molar-refractivity contribution in [3.05, 3.63) is 16.1 Å². The summed E-state index contributed by atoms with van der Waals surface area (Å²) in [6.45, 7) is 5.87. The monoisotopic (exact) mass is 464 g/mol. The molecular formula is C17H29IN4OS. The van der Waals surface area contributed by atoms with Crippen LogP contribution in [0.25, 0.3) is 0 Å². The maximum absolute atomic E-state index is 5.92. The fourth-order valence-electron chi connectivity index (χ4n) is 3.81. The van der Waals surface area contributed by atoms with E-state index in [-0.39, 0.29) is 24.0 Å². The van der Waals surface area contributed by atoms with Gasteiger partial charge in [-0.05, 0) is 33.1 Å². The van der Waals surface area contributed by atoms with Gasteiger partial charge in [0.1, 0.15) is 0 Å². The summed E-state index contributed by atoms with van der Waals surface area (Å²) < 4.78 is 5.92. The molecule has 24 heavy (non-hydrogen) atoms. The average Bonchev–Trinajstić information content (AvgIpc) is 2.88. The lowest BCUT2D eigenvalue weighted by atomic mass is 9.51. The largest absolute Gasteiger partial charge is 0.378 e. The van der Waals surface area contributed by atoms with Crippen molar-refractivity contribution in [1.82, 2.24) is 15.6 Å². The summed E-state index contributed by atoms with van der Waals surface area (Å²) in [5.41, 5.74) is 0.361. The van der Waals surface area contributed by atoms with Crippen molar-refractivity contribution < 1.29 is 4.74 Å². The van der Waals surface area contributed by atoms with Crippen LogP contribution in [0.2, 0.25) is 0 Å². The van der Waals surface area contributed by atoms with Gasteiger partial charge in [0.25, 0.3) is 0 Å². The second-order valence-corrected chi connectivity index (χ2v) is 7.90. The van der Waals surface area contributed by atoms with Gasteiger partial charge in [-0.1, -0.05) is 6.42 Å². The normalized spacial score (nSPS) is 24.7. The van der Waals surface area contributed by atoms with E-state index in [0.717, 1.165) is 32.0 Å². The zero-order valence-corrected chi connectivity index (χ0v) is 17.9. The summed E-state index contributed by atoms with van der Waals surface area (Å²) in [7, 11) is 1.84. The number of ether oxygens (including phenoxy) is 1. The maximum Gasteiger partial charge on any atom is 0.191 e. The number of thiazole rings is 1. The highest BCUT2D eigenvalue weighted by Gasteiger charge is 2.59. The van der Waals surface area contributed by atoms with Crippen LogP contribution >= 0.6 is 35.3 Å². The maximum atomic E-state index is 5.92. The predicted molar refractivity (Wildman–Crippen MR) is 111 cm³/mol. The Morgan fingerprint density at radius 2 is 2.29 bits per heavy atom. The molecule has 0 aromatic carbocycles. The Balaban J connectivity index is 0.00000208. The number of nitrogens with zero attached hydrogens (tertiary/aromatic N) is 2. The second kappa shape index (κ2) is 8.80. The first kappa shape index (κ1) is 19.9. The topological polar surface area (TPSA) is 58.5 Å². The molecule has 0 saturated heterocycles. The molecule has 2 aliphatic rings. The molecule has 7 heteroatoms. The SMILES string of the molecule is CCOC1CC(NC(=NC)NCCc2ncc(C)s2)C12CCC2.I. The van der Waals surface area contributed by atoms with Gasteiger partial charge >= 0.3 is 0 Å². The van der Waals surface area contributed by atoms with E-state index >= 15 is 0 Å². The number of hydrogen-bond donors (Lipinski definition) is 2. The molecular weight excluding hydrogens is 435 g/mol. The molecule has 2 unspecified atom stereocenters. The highest BCUT2D eigenvalue weighted by Crippen LogP contribution is 2.57. The molecule has 3 rings (SSSR count). The molecule has 1 aromatic rings. The zero-order valence-electron chi connectivity index (χ0n) is 14.8. The lowest BCUT2D eigenvalue weighted by molar-refractivity contribution is -0.168. The molecule has 1 heterocycles. The van der Waals surface area contributed by atoms with E-state index in [4.69, 9.17) is 4.74 Å². The van der Waals surface area contributed by atoms with Crippen LogP contribution in [0.3, 0.4) is 0 Å². The lowest BCUT2D eigenvalue weighted by Crippen LogP contribution is -2.68. The summed E-state index contributed by atoms with van der Waals surface area (Å²) in [5, 5.41) is 8.22. The van der Waals surface area contributed by atoms with Crippen LogP contribution in [0, 0.1) is 12.3 Å². The number of aliphatic imine (C=N–C) groups is 1. The van der Waals surface area contributed by atoms with Crippen molar-refractivity contribution in [1.29, 1.82) is 0 Å². The third-order valence-electron chi connectivity index (χ3n) is 5.27. The minimum atomic E-state index is 0. The molecule has 2 saturated carbocycles. The summed E-state index contributed by atoms with van der Waals surface area (Å²) in [6, 6.07) is 0.501. The molecule has 2 fully saturated rings. The summed E-state index contributed by atoms with van der Waals surface area (Å²) in [4.78, 5) is 10.1. The van der Waals surface area contributed by atoms with Crippen LogP contribution in [-0.4, -0.2) is 43.3 Å².